The number of rotatable bonds is 5. The number of amides is 2. The molecule has 0 radical (unpaired) electrons. The summed E-state index contributed by atoms with van der Waals surface area (Å²) < 4.78 is 2.06. The normalized spacial score (nSPS) is 16.6. The highest BCUT2D eigenvalue weighted by Crippen LogP contribution is 2.29. The Morgan fingerprint density at radius 3 is 3.00 bits per heavy atom. The zero-order valence-corrected chi connectivity index (χ0v) is 16.9. The van der Waals surface area contributed by atoms with E-state index in [1.54, 1.807) is 4.90 Å². The van der Waals surface area contributed by atoms with E-state index in [-0.39, 0.29) is 24.2 Å². The van der Waals surface area contributed by atoms with Crippen LogP contribution in [0.25, 0.3) is 21.8 Å². The summed E-state index contributed by atoms with van der Waals surface area (Å²) in [6.07, 6.45) is 2.17. The number of halogens is 1. The van der Waals surface area contributed by atoms with Crippen molar-refractivity contribution in [2.75, 3.05) is 18.0 Å². The molecule has 1 aliphatic rings. The Morgan fingerprint density at radius 2 is 2.10 bits per heavy atom. The molecule has 0 saturated carbocycles. The zero-order chi connectivity index (χ0) is 20.7. The number of anilines is 1. The van der Waals surface area contributed by atoms with Gasteiger partial charge < -0.3 is 9.88 Å². The molecule has 4 aromatic rings. The Labute approximate surface area is 177 Å². The van der Waals surface area contributed by atoms with Crippen LogP contribution < -0.4 is 10.2 Å². The first-order valence-corrected chi connectivity index (χ1v) is 10.2. The number of aromatic amines is 1. The molecule has 0 bridgehead atoms. The highest BCUT2D eigenvalue weighted by Gasteiger charge is 2.36. The lowest BCUT2D eigenvalue weighted by Gasteiger charge is -2.14. The molecule has 0 aliphatic carbocycles. The van der Waals surface area contributed by atoms with Gasteiger partial charge in [0.25, 0.3) is 0 Å². The van der Waals surface area contributed by atoms with Crippen LogP contribution in [-0.2, 0) is 16.1 Å². The van der Waals surface area contributed by atoms with Gasteiger partial charge in [0, 0.05) is 48.2 Å². The fourth-order valence-electron chi connectivity index (χ4n) is 4.04. The SMILES string of the molecule is O=C(NCCn1ccc2ccc(Cl)cc21)[C@@H]1CC(=O)N(c2n[nH]c3ccccc23)C1. The molecule has 2 aromatic carbocycles. The van der Waals surface area contributed by atoms with Gasteiger partial charge in [-0.1, -0.05) is 29.8 Å². The molecule has 5 rings (SSSR count). The third-order valence-corrected chi connectivity index (χ3v) is 5.82. The summed E-state index contributed by atoms with van der Waals surface area (Å²) in [6, 6.07) is 15.4. The van der Waals surface area contributed by atoms with Gasteiger partial charge in [0.2, 0.25) is 11.8 Å². The maximum Gasteiger partial charge on any atom is 0.229 e. The summed E-state index contributed by atoms with van der Waals surface area (Å²) in [4.78, 5) is 26.8. The Morgan fingerprint density at radius 1 is 1.23 bits per heavy atom. The van der Waals surface area contributed by atoms with E-state index in [0.717, 1.165) is 21.8 Å². The minimum Gasteiger partial charge on any atom is -0.354 e. The molecule has 2 amide bonds. The summed E-state index contributed by atoms with van der Waals surface area (Å²) in [5.41, 5.74) is 1.90. The molecule has 0 spiro atoms. The second kappa shape index (κ2) is 7.50. The molecule has 1 atom stereocenters. The molecular weight excluding hydrogens is 402 g/mol. The van der Waals surface area contributed by atoms with Gasteiger partial charge in [-0.2, -0.15) is 5.10 Å². The van der Waals surface area contributed by atoms with Crippen LogP contribution in [0.4, 0.5) is 5.82 Å². The number of benzene rings is 2. The molecule has 1 fully saturated rings. The topological polar surface area (TPSA) is 83.0 Å². The van der Waals surface area contributed by atoms with E-state index in [2.05, 4.69) is 20.1 Å². The highest BCUT2D eigenvalue weighted by molar-refractivity contribution is 6.31. The van der Waals surface area contributed by atoms with Gasteiger partial charge in [-0.25, -0.2) is 0 Å². The first-order valence-electron chi connectivity index (χ1n) is 9.86. The van der Waals surface area contributed by atoms with E-state index < -0.39 is 0 Å². The Bertz CT molecular complexity index is 1260. The number of H-pyrrole nitrogens is 1. The van der Waals surface area contributed by atoms with Crippen molar-refractivity contribution in [3.63, 3.8) is 0 Å². The summed E-state index contributed by atoms with van der Waals surface area (Å²) in [5, 5.41) is 12.9. The lowest BCUT2D eigenvalue weighted by Crippen LogP contribution is -2.34. The van der Waals surface area contributed by atoms with Crippen LogP contribution in [0.5, 0.6) is 0 Å². The van der Waals surface area contributed by atoms with E-state index in [4.69, 9.17) is 11.6 Å². The monoisotopic (exact) mass is 421 g/mol. The predicted octanol–water partition coefficient (Wildman–Crippen LogP) is 3.34. The van der Waals surface area contributed by atoms with Crippen LogP contribution in [0.2, 0.25) is 5.02 Å². The molecule has 7 nitrogen and oxygen atoms in total. The van der Waals surface area contributed by atoms with E-state index in [0.29, 0.717) is 30.5 Å². The van der Waals surface area contributed by atoms with Crippen molar-refractivity contribution in [3.8, 4) is 0 Å². The van der Waals surface area contributed by atoms with Gasteiger partial charge in [-0.15, -0.1) is 0 Å². The molecule has 3 heterocycles. The number of carbonyl (C=O) groups excluding carboxylic acids is 2. The lowest BCUT2D eigenvalue weighted by atomic mass is 10.1. The maximum absolute atomic E-state index is 12.7. The summed E-state index contributed by atoms with van der Waals surface area (Å²) >= 11 is 6.10. The second-order valence-corrected chi connectivity index (χ2v) is 7.94. The number of hydrogen-bond donors (Lipinski definition) is 2. The number of aromatic nitrogens is 3. The molecule has 2 N–H and O–H groups in total. The number of fused-ring (bicyclic) bond motifs is 2. The number of hydrogen-bond acceptors (Lipinski definition) is 3. The Kier molecular flexibility index (Phi) is 4.67. The quantitative estimate of drug-likeness (QED) is 0.518. The van der Waals surface area contributed by atoms with Gasteiger partial charge in [0.1, 0.15) is 0 Å². The Balaban J connectivity index is 1.23. The zero-order valence-electron chi connectivity index (χ0n) is 16.1. The second-order valence-electron chi connectivity index (χ2n) is 7.50. The minimum atomic E-state index is -0.385. The average Bonchev–Trinajstić information content (AvgIpc) is 3.44. The largest absolute Gasteiger partial charge is 0.354 e. The van der Waals surface area contributed by atoms with Gasteiger partial charge >= 0.3 is 0 Å². The fraction of sp³-hybridized carbons (Fsp3) is 0.227. The Hall–Kier alpha value is -3.32. The predicted molar refractivity (Wildman–Crippen MR) is 117 cm³/mol. The van der Waals surface area contributed by atoms with Crippen LogP contribution >= 0.6 is 11.6 Å². The molecule has 2 aromatic heterocycles. The van der Waals surface area contributed by atoms with Crippen molar-refractivity contribution < 1.29 is 9.59 Å². The summed E-state index contributed by atoms with van der Waals surface area (Å²) in [7, 11) is 0. The smallest absolute Gasteiger partial charge is 0.229 e. The number of carbonyl (C=O) groups is 2. The maximum atomic E-state index is 12.7. The van der Waals surface area contributed by atoms with Crippen molar-refractivity contribution >= 4 is 51.0 Å². The first kappa shape index (κ1) is 18.7. The lowest BCUT2D eigenvalue weighted by molar-refractivity contribution is -0.126. The molecule has 1 saturated heterocycles. The third kappa shape index (κ3) is 3.31. The van der Waals surface area contributed by atoms with Crippen LogP contribution in [0.3, 0.4) is 0 Å². The number of para-hydroxylation sites is 1. The first-order chi connectivity index (χ1) is 14.6. The van der Waals surface area contributed by atoms with E-state index >= 15 is 0 Å². The van der Waals surface area contributed by atoms with Crippen molar-refractivity contribution in [2.45, 2.75) is 13.0 Å². The van der Waals surface area contributed by atoms with Gasteiger partial charge in [0.15, 0.2) is 5.82 Å². The number of nitrogens with zero attached hydrogens (tertiary/aromatic N) is 3. The van der Waals surface area contributed by atoms with Gasteiger partial charge in [-0.05, 0) is 35.7 Å². The molecule has 8 heteroatoms. The molecule has 0 unspecified atom stereocenters. The van der Waals surface area contributed by atoms with Crippen LogP contribution in [0.1, 0.15) is 6.42 Å². The van der Waals surface area contributed by atoms with Crippen LogP contribution in [0.15, 0.2) is 54.7 Å². The minimum absolute atomic E-state index is 0.0848. The summed E-state index contributed by atoms with van der Waals surface area (Å²) in [5.74, 6) is 0.00374. The van der Waals surface area contributed by atoms with Crippen molar-refractivity contribution in [1.82, 2.24) is 20.1 Å². The van der Waals surface area contributed by atoms with Crippen molar-refractivity contribution in [3.05, 3.63) is 59.8 Å². The fourth-order valence-corrected chi connectivity index (χ4v) is 4.20. The van der Waals surface area contributed by atoms with E-state index in [1.807, 2.05) is 54.7 Å². The van der Waals surface area contributed by atoms with Crippen molar-refractivity contribution in [1.29, 1.82) is 0 Å². The van der Waals surface area contributed by atoms with Gasteiger partial charge in [0.05, 0.1) is 11.4 Å². The standard InChI is InChI=1S/C22H20ClN5O2/c23-16-6-5-14-7-9-27(19(14)12-16)10-8-24-22(30)15-11-20(29)28(13-15)21-17-3-1-2-4-18(17)25-26-21/h1-7,9,12,15H,8,10-11,13H2,(H,24,30)(H,25,26)/t15-/m1/s1. The molecule has 1 aliphatic heterocycles. The summed E-state index contributed by atoms with van der Waals surface area (Å²) in [6.45, 7) is 1.44. The van der Waals surface area contributed by atoms with Crippen molar-refractivity contribution in [2.24, 2.45) is 5.92 Å². The van der Waals surface area contributed by atoms with E-state index in [1.165, 1.54) is 0 Å². The number of nitrogens with one attached hydrogen (secondary N) is 2. The highest BCUT2D eigenvalue weighted by atomic mass is 35.5. The molecule has 152 valence electrons. The van der Waals surface area contributed by atoms with E-state index in [9.17, 15) is 9.59 Å². The van der Waals surface area contributed by atoms with Gasteiger partial charge in [-0.3, -0.25) is 19.6 Å². The van der Waals surface area contributed by atoms with Crippen LogP contribution in [0, 0.1) is 5.92 Å². The average molecular weight is 422 g/mol. The molecule has 30 heavy (non-hydrogen) atoms. The van der Waals surface area contributed by atoms with Crippen LogP contribution in [-0.4, -0.2) is 39.7 Å². The molecular formula is C22H20ClN5O2. The third-order valence-electron chi connectivity index (χ3n) is 5.59.